The van der Waals surface area contributed by atoms with Crippen LogP contribution < -0.4 is 5.73 Å². The summed E-state index contributed by atoms with van der Waals surface area (Å²) in [7, 11) is 1.42. The summed E-state index contributed by atoms with van der Waals surface area (Å²) in [5.41, 5.74) is 6.12. The number of rotatable bonds is 1. The first-order valence-electron chi connectivity index (χ1n) is 3.14. The molecule has 64 valence electrons. The third-order valence-electron chi connectivity index (χ3n) is 1.31. The number of aromatic nitrogens is 1. The minimum absolute atomic E-state index is 0.208. The van der Waals surface area contributed by atoms with E-state index in [0.29, 0.717) is 5.56 Å². The van der Waals surface area contributed by atoms with Crippen molar-refractivity contribution in [2.45, 2.75) is 0 Å². The molecule has 1 heterocycles. The van der Waals surface area contributed by atoms with Gasteiger partial charge >= 0.3 is 0 Å². The van der Waals surface area contributed by atoms with Crippen molar-refractivity contribution in [2.24, 2.45) is 0 Å². The molecule has 0 unspecified atom stereocenters. The van der Waals surface area contributed by atoms with Gasteiger partial charge in [0.25, 0.3) is 0 Å². The molecule has 3 nitrogen and oxygen atoms in total. The van der Waals surface area contributed by atoms with Crippen LogP contribution >= 0.6 is 12.2 Å². The van der Waals surface area contributed by atoms with Gasteiger partial charge < -0.3 is 10.5 Å². The fraction of sp³-hybridized carbons (Fsp3) is 0.143. The molecular weight excluding hydrogens is 179 g/mol. The SMILES string of the molecule is COC(=S)c1cnc(F)cc1N. The maximum absolute atomic E-state index is 12.4. The van der Waals surface area contributed by atoms with Gasteiger partial charge in [0.1, 0.15) is 0 Å². The molecule has 0 spiro atoms. The van der Waals surface area contributed by atoms with E-state index in [1.54, 1.807) is 0 Å². The molecule has 0 aliphatic carbocycles. The molecule has 1 aromatic heterocycles. The number of halogens is 1. The molecule has 0 amide bonds. The first kappa shape index (κ1) is 8.86. The number of nitrogen functional groups attached to an aromatic ring is 1. The molecule has 0 saturated carbocycles. The summed E-state index contributed by atoms with van der Waals surface area (Å²) in [5, 5.41) is 0.208. The quantitative estimate of drug-likeness (QED) is 0.527. The van der Waals surface area contributed by atoms with Gasteiger partial charge in [0.05, 0.1) is 12.7 Å². The summed E-state index contributed by atoms with van der Waals surface area (Å²) in [5.74, 6) is -0.629. The second-order valence-corrected chi connectivity index (χ2v) is 2.46. The minimum atomic E-state index is -0.629. The van der Waals surface area contributed by atoms with Gasteiger partial charge in [-0.3, -0.25) is 0 Å². The lowest BCUT2D eigenvalue weighted by atomic mass is 10.2. The third kappa shape index (κ3) is 1.68. The van der Waals surface area contributed by atoms with Crippen LogP contribution in [0.15, 0.2) is 12.3 Å². The molecule has 0 saturated heterocycles. The van der Waals surface area contributed by atoms with Crippen LogP contribution in [0, 0.1) is 5.95 Å². The highest BCUT2D eigenvalue weighted by Gasteiger charge is 2.06. The normalized spacial score (nSPS) is 9.50. The Labute approximate surface area is 74.4 Å². The van der Waals surface area contributed by atoms with E-state index >= 15 is 0 Å². The molecule has 12 heavy (non-hydrogen) atoms. The molecular formula is C7H7FN2OS. The Morgan fingerprint density at radius 1 is 1.75 bits per heavy atom. The highest BCUT2D eigenvalue weighted by Crippen LogP contribution is 2.12. The van der Waals surface area contributed by atoms with Crippen molar-refractivity contribution < 1.29 is 9.13 Å². The molecule has 0 bridgehead atoms. The van der Waals surface area contributed by atoms with E-state index in [0.717, 1.165) is 6.07 Å². The lowest BCUT2D eigenvalue weighted by molar-refractivity contribution is 0.416. The van der Waals surface area contributed by atoms with E-state index in [1.807, 2.05) is 0 Å². The van der Waals surface area contributed by atoms with Crippen molar-refractivity contribution in [1.82, 2.24) is 4.98 Å². The maximum atomic E-state index is 12.4. The van der Waals surface area contributed by atoms with Gasteiger partial charge in [0.2, 0.25) is 5.95 Å². The molecule has 0 aliphatic heterocycles. The van der Waals surface area contributed by atoms with E-state index in [2.05, 4.69) is 4.98 Å². The molecule has 5 heteroatoms. The Morgan fingerprint density at radius 2 is 2.42 bits per heavy atom. The number of methoxy groups -OCH3 is 1. The second-order valence-electron chi connectivity index (χ2n) is 2.09. The summed E-state index contributed by atoms with van der Waals surface area (Å²) in [4.78, 5) is 3.39. The number of anilines is 1. The van der Waals surface area contributed by atoms with Crippen molar-refractivity contribution >= 4 is 23.0 Å². The molecule has 0 atom stereocenters. The third-order valence-corrected chi connectivity index (χ3v) is 1.69. The minimum Gasteiger partial charge on any atom is -0.486 e. The van der Waals surface area contributed by atoms with Crippen LogP contribution in [0.25, 0.3) is 0 Å². The van der Waals surface area contributed by atoms with Gasteiger partial charge in [0, 0.05) is 18.0 Å². The fourth-order valence-corrected chi connectivity index (χ4v) is 0.895. The van der Waals surface area contributed by atoms with Crippen molar-refractivity contribution in [1.29, 1.82) is 0 Å². The Morgan fingerprint density at radius 3 is 2.92 bits per heavy atom. The van der Waals surface area contributed by atoms with Crippen molar-refractivity contribution in [2.75, 3.05) is 12.8 Å². The number of hydrogen-bond donors (Lipinski definition) is 1. The molecule has 2 N–H and O–H groups in total. The molecule has 1 rings (SSSR count). The van der Waals surface area contributed by atoms with Crippen LogP contribution in [-0.4, -0.2) is 17.1 Å². The van der Waals surface area contributed by atoms with Gasteiger partial charge in [-0.2, -0.15) is 4.39 Å². The number of nitrogens with two attached hydrogens (primary N) is 1. The lowest BCUT2D eigenvalue weighted by Gasteiger charge is -2.04. The zero-order valence-electron chi connectivity index (χ0n) is 6.37. The molecule has 0 aliphatic rings. The summed E-state index contributed by atoms with van der Waals surface area (Å²) in [6, 6.07) is 1.10. The summed E-state index contributed by atoms with van der Waals surface area (Å²) < 4.78 is 17.2. The predicted molar refractivity (Wildman–Crippen MR) is 47.3 cm³/mol. The number of nitrogens with zero attached hydrogens (tertiary/aromatic N) is 1. The highest BCUT2D eigenvalue weighted by molar-refractivity contribution is 7.80. The fourth-order valence-electron chi connectivity index (χ4n) is 0.725. The smallest absolute Gasteiger partial charge is 0.214 e. The van der Waals surface area contributed by atoms with E-state index < -0.39 is 5.95 Å². The van der Waals surface area contributed by atoms with Crippen LogP contribution in [0.5, 0.6) is 0 Å². The number of thiocarbonyl (C=S) groups is 1. The van der Waals surface area contributed by atoms with Crippen molar-refractivity contribution in [3.63, 3.8) is 0 Å². The summed E-state index contributed by atoms with van der Waals surface area (Å²) >= 11 is 4.79. The Bertz CT molecular complexity index is 316. The van der Waals surface area contributed by atoms with Crippen LogP contribution in [0.4, 0.5) is 10.1 Å². The average Bonchev–Trinajstić information content (AvgIpc) is 2.03. The first-order valence-corrected chi connectivity index (χ1v) is 3.55. The van der Waals surface area contributed by atoms with E-state index in [9.17, 15) is 4.39 Å². The van der Waals surface area contributed by atoms with E-state index in [4.69, 9.17) is 22.7 Å². The molecule has 0 aromatic carbocycles. The van der Waals surface area contributed by atoms with E-state index in [-0.39, 0.29) is 10.7 Å². The van der Waals surface area contributed by atoms with Crippen molar-refractivity contribution in [3.8, 4) is 0 Å². The monoisotopic (exact) mass is 186 g/mol. The Hall–Kier alpha value is -1.23. The van der Waals surface area contributed by atoms with Crippen LogP contribution in [0.1, 0.15) is 5.56 Å². The Kier molecular flexibility index (Phi) is 2.54. The van der Waals surface area contributed by atoms with Crippen LogP contribution in [0.2, 0.25) is 0 Å². The number of pyridine rings is 1. The van der Waals surface area contributed by atoms with Gasteiger partial charge in [0.15, 0.2) is 5.05 Å². The number of ether oxygens (including phenoxy) is 1. The Balaban J connectivity index is 3.09. The second kappa shape index (κ2) is 3.44. The highest BCUT2D eigenvalue weighted by atomic mass is 32.1. The van der Waals surface area contributed by atoms with Gasteiger partial charge in [-0.1, -0.05) is 0 Å². The number of hydrogen-bond acceptors (Lipinski definition) is 4. The average molecular weight is 186 g/mol. The molecule has 0 radical (unpaired) electrons. The van der Waals surface area contributed by atoms with Gasteiger partial charge in [-0.05, 0) is 12.2 Å². The molecule has 0 fully saturated rings. The van der Waals surface area contributed by atoms with Gasteiger partial charge in [-0.15, -0.1) is 0 Å². The summed E-state index contributed by atoms with van der Waals surface area (Å²) in [6.45, 7) is 0. The lowest BCUT2D eigenvalue weighted by Crippen LogP contribution is -2.05. The predicted octanol–water partition coefficient (Wildman–Crippen LogP) is 1.12. The van der Waals surface area contributed by atoms with Crippen LogP contribution in [0.3, 0.4) is 0 Å². The topological polar surface area (TPSA) is 48.1 Å². The van der Waals surface area contributed by atoms with Gasteiger partial charge in [-0.25, -0.2) is 4.98 Å². The van der Waals surface area contributed by atoms with Crippen molar-refractivity contribution in [3.05, 3.63) is 23.8 Å². The first-order chi connectivity index (χ1) is 5.65. The standard InChI is InChI=1S/C7H7FN2OS/c1-11-7(12)4-3-10-6(8)2-5(4)9/h2-3H,1H3,(H2,9,10). The summed E-state index contributed by atoms with van der Waals surface area (Å²) in [6.07, 6.45) is 1.25. The zero-order chi connectivity index (χ0) is 9.14. The molecule has 1 aromatic rings. The maximum Gasteiger partial charge on any atom is 0.214 e. The largest absolute Gasteiger partial charge is 0.486 e. The van der Waals surface area contributed by atoms with Crippen LogP contribution in [-0.2, 0) is 4.74 Å². The zero-order valence-corrected chi connectivity index (χ0v) is 7.19. The van der Waals surface area contributed by atoms with E-state index in [1.165, 1.54) is 13.3 Å².